The highest BCUT2D eigenvalue weighted by Gasteiger charge is 2.05. The second kappa shape index (κ2) is 7.50. The quantitative estimate of drug-likeness (QED) is 0.753. The summed E-state index contributed by atoms with van der Waals surface area (Å²) in [6.07, 6.45) is 3.87. The van der Waals surface area contributed by atoms with E-state index in [1.165, 1.54) is 6.08 Å². The standard InChI is InChI=1S/C14H19NO3/c1-3-12(10-16)15-14(17)8-7-11-5-4-6-13(9-11)18-2/h4-9,12,16H,3,10H2,1-2H3,(H,15,17)/b8-7+/t12-/m1/s1. The van der Waals surface area contributed by atoms with Gasteiger partial charge in [-0.15, -0.1) is 0 Å². The van der Waals surface area contributed by atoms with Crippen LogP contribution in [0.2, 0.25) is 0 Å². The molecule has 1 aromatic carbocycles. The number of rotatable bonds is 6. The van der Waals surface area contributed by atoms with Gasteiger partial charge in [0.1, 0.15) is 5.75 Å². The molecule has 18 heavy (non-hydrogen) atoms. The highest BCUT2D eigenvalue weighted by molar-refractivity contribution is 5.91. The fraction of sp³-hybridized carbons (Fsp3) is 0.357. The second-order valence-corrected chi connectivity index (χ2v) is 3.91. The van der Waals surface area contributed by atoms with Crippen molar-refractivity contribution >= 4 is 12.0 Å². The van der Waals surface area contributed by atoms with Gasteiger partial charge in [0.25, 0.3) is 0 Å². The molecule has 0 radical (unpaired) electrons. The zero-order chi connectivity index (χ0) is 13.4. The molecule has 0 unspecified atom stereocenters. The maximum Gasteiger partial charge on any atom is 0.244 e. The number of nitrogens with one attached hydrogen (secondary N) is 1. The maximum absolute atomic E-state index is 11.6. The van der Waals surface area contributed by atoms with E-state index < -0.39 is 0 Å². The second-order valence-electron chi connectivity index (χ2n) is 3.91. The average Bonchev–Trinajstić information content (AvgIpc) is 2.42. The first-order chi connectivity index (χ1) is 8.69. The molecule has 4 heteroatoms. The molecule has 0 aliphatic rings. The molecule has 1 rings (SSSR count). The lowest BCUT2D eigenvalue weighted by Gasteiger charge is -2.11. The lowest BCUT2D eigenvalue weighted by molar-refractivity contribution is -0.117. The molecule has 4 nitrogen and oxygen atoms in total. The summed E-state index contributed by atoms with van der Waals surface area (Å²) in [7, 11) is 1.60. The zero-order valence-corrected chi connectivity index (χ0v) is 10.7. The number of carbonyl (C=O) groups is 1. The van der Waals surface area contributed by atoms with Crippen molar-refractivity contribution in [2.24, 2.45) is 0 Å². The summed E-state index contributed by atoms with van der Waals surface area (Å²) in [5.41, 5.74) is 0.890. The number of hydrogen-bond donors (Lipinski definition) is 2. The van der Waals surface area contributed by atoms with Gasteiger partial charge in [0.2, 0.25) is 5.91 Å². The van der Waals surface area contributed by atoms with E-state index in [0.29, 0.717) is 6.42 Å². The van der Waals surface area contributed by atoms with Gasteiger partial charge in [-0.2, -0.15) is 0 Å². The van der Waals surface area contributed by atoms with Crippen molar-refractivity contribution in [1.29, 1.82) is 0 Å². The number of carbonyl (C=O) groups excluding carboxylic acids is 1. The molecule has 0 heterocycles. The first kappa shape index (κ1) is 14.3. The number of amides is 1. The molecule has 0 aliphatic carbocycles. The third kappa shape index (κ3) is 4.59. The van der Waals surface area contributed by atoms with Crippen LogP contribution in [0.15, 0.2) is 30.3 Å². The topological polar surface area (TPSA) is 58.6 Å². The van der Waals surface area contributed by atoms with Crippen molar-refractivity contribution in [1.82, 2.24) is 5.32 Å². The maximum atomic E-state index is 11.6. The van der Waals surface area contributed by atoms with Gasteiger partial charge in [-0.3, -0.25) is 4.79 Å². The Labute approximate surface area is 107 Å². The van der Waals surface area contributed by atoms with Crippen LogP contribution in [0.3, 0.4) is 0 Å². The minimum absolute atomic E-state index is 0.0464. The Bertz CT molecular complexity index is 411. The zero-order valence-electron chi connectivity index (χ0n) is 10.7. The van der Waals surface area contributed by atoms with E-state index in [0.717, 1.165) is 11.3 Å². The van der Waals surface area contributed by atoms with E-state index in [2.05, 4.69) is 5.32 Å². The Morgan fingerprint density at radius 3 is 2.94 bits per heavy atom. The van der Waals surface area contributed by atoms with Crippen molar-refractivity contribution in [3.05, 3.63) is 35.9 Å². The number of methoxy groups -OCH3 is 1. The van der Waals surface area contributed by atoms with E-state index >= 15 is 0 Å². The lowest BCUT2D eigenvalue weighted by Crippen LogP contribution is -2.35. The van der Waals surface area contributed by atoms with Gasteiger partial charge in [0.05, 0.1) is 19.8 Å². The first-order valence-corrected chi connectivity index (χ1v) is 5.93. The van der Waals surface area contributed by atoms with Gasteiger partial charge in [0, 0.05) is 6.08 Å². The molecule has 1 aromatic rings. The molecule has 0 aromatic heterocycles. The van der Waals surface area contributed by atoms with Gasteiger partial charge in [0.15, 0.2) is 0 Å². The minimum atomic E-state index is -0.210. The van der Waals surface area contributed by atoms with Gasteiger partial charge in [-0.1, -0.05) is 19.1 Å². The predicted molar refractivity (Wildman–Crippen MR) is 71.3 cm³/mol. The molecule has 98 valence electrons. The Balaban J connectivity index is 2.59. The van der Waals surface area contributed by atoms with Crippen LogP contribution in [-0.4, -0.2) is 30.8 Å². The Kier molecular flexibility index (Phi) is 5.94. The van der Waals surface area contributed by atoms with Crippen LogP contribution >= 0.6 is 0 Å². The molecule has 0 fully saturated rings. The Morgan fingerprint density at radius 1 is 1.56 bits per heavy atom. The largest absolute Gasteiger partial charge is 0.497 e. The Morgan fingerprint density at radius 2 is 2.33 bits per heavy atom. The highest BCUT2D eigenvalue weighted by Crippen LogP contribution is 2.13. The van der Waals surface area contributed by atoms with Crippen molar-refractivity contribution in [2.45, 2.75) is 19.4 Å². The number of ether oxygens (including phenoxy) is 1. The van der Waals surface area contributed by atoms with Crippen LogP contribution in [0.5, 0.6) is 5.75 Å². The van der Waals surface area contributed by atoms with Gasteiger partial charge in [-0.25, -0.2) is 0 Å². The van der Waals surface area contributed by atoms with E-state index in [-0.39, 0.29) is 18.6 Å². The summed E-state index contributed by atoms with van der Waals surface area (Å²) >= 11 is 0. The third-order valence-corrected chi connectivity index (χ3v) is 2.58. The van der Waals surface area contributed by atoms with Gasteiger partial charge in [-0.05, 0) is 30.2 Å². The molecule has 2 N–H and O–H groups in total. The molecule has 0 saturated carbocycles. The van der Waals surface area contributed by atoms with Crippen LogP contribution in [0, 0.1) is 0 Å². The fourth-order valence-corrected chi connectivity index (χ4v) is 1.44. The molecular formula is C14H19NO3. The van der Waals surface area contributed by atoms with Crippen LogP contribution in [0.4, 0.5) is 0 Å². The van der Waals surface area contributed by atoms with Crippen molar-refractivity contribution < 1.29 is 14.6 Å². The van der Waals surface area contributed by atoms with Crippen LogP contribution < -0.4 is 10.1 Å². The van der Waals surface area contributed by atoms with Crippen molar-refractivity contribution in [3.63, 3.8) is 0 Å². The van der Waals surface area contributed by atoms with Gasteiger partial charge >= 0.3 is 0 Å². The molecule has 1 amide bonds. The molecule has 0 spiro atoms. The number of aliphatic hydroxyl groups is 1. The fourth-order valence-electron chi connectivity index (χ4n) is 1.44. The predicted octanol–water partition coefficient (Wildman–Crippen LogP) is 1.60. The Hall–Kier alpha value is -1.81. The normalized spacial score (nSPS) is 12.4. The van der Waals surface area contributed by atoms with E-state index in [1.807, 2.05) is 31.2 Å². The molecular weight excluding hydrogens is 230 g/mol. The van der Waals surface area contributed by atoms with Crippen LogP contribution in [0.1, 0.15) is 18.9 Å². The van der Waals surface area contributed by atoms with Crippen LogP contribution in [-0.2, 0) is 4.79 Å². The average molecular weight is 249 g/mol. The highest BCUT2D eigenvalue weighted by atomic mass is 16.5. The molecule has 1 atom stereocenters. The molecule has 0 saturated heterocycles. The van der Waals surface area contributed by atoms with E-state index in [9.17, 15) is 4.79 Å². The summed E-state index contributed by atoms with van der Waals surface area (Å²) in [4.78, 5) is 11.6. The minimum Gasteiger partial charge on any atom is -0.497 e. The summed E-state index contributed by atoms with van der Waals surface area (Å²) in [5.74, 6) is 0.540. The van der Waals surface area contributed by atoms with E-state index in [1.54, 1.807) is 13.2 Å². The van der Waals surface area contributed by atoms with Crippen molar-refractivity contribution in [3.8, 4) is 5.75 Å². The summed E-state index contributed by atoms with van der Waals surface area (Å²) in [5, 5.41) is 11.7. The number of aliphatic hydroxyl groups excluding tert-OH is 1. The third-order valence-electron chi connectivity index (χ3n) is 2.58. The van der Waals surface area contributed by atoms with Crippen molar-refractivity contribution in [2.75, 3.05) is 13.7 Å². The monoisotopic (exact) mass is 249 g/mol. The number of benzene rings is 1. The summed E-state index contributed by atoms with van der Waals surface area (Å²) < 4.78 is 5.09. The number of hydrogen-bond acceptors (Lipinski definition) is 3. The SMILES string of the molecule is CC[C@H](CO)NC(=O)/C=C/c1cccc(OC)c1. The molecule has 0 aliphatic heterocycles. The summed E-state index contributed by atoms with van der Waals surface area (Å²) in [6.45, 7) is 1.86. The van der Waals surface area contributed by atoms with Crippen LogP contribution in [0.25, 0.3) is 6.08 Å². The summed E-state index contributed by atoms with van der Waals surface area (Å²) in [6, 6.07) is 7.24. The lowest BCUT2D eigenvalue weighted by atomic mass is 10.2. The van der Waals surface area contributed by atoms with E-state index in [4.69, 9.17) is 9.84 Å². The van der Waals surface area contributed by atoms with Gasteiger partial charge < -0.3 is 15.2 Å². The smallest absolute Gasteiger partial charge is 0.244 e. The molecule has 0 bridgehead atoms. The first-order valence-electron chi connectivity index (χ1n) is 5.93.